The number of hydrogen-bond donors (Lipinski definition) is 1. The number of amides is 2. The molecular weight excluding hydrogens is 424 g/mol. The molecule has 3 rings (SSSR count). The molecule has 0 radical (unpaired) electrons. The fourth-order valence-corrected chi connectivity index (χ4v) is 4.30. The van der Waals surface area contributed by atoms with Gasteiger partial charge in [0.25, 0.3) is 0 Å². The fraction of sp³-hybridized carbons (Fsp3) is 0.333. The Morgan fingerprint density at radius 2 is 1.89 bits per heavy atom. The van der Waals surface area contributed by atoms with E-state index in [4.69, 9.17) is 0 Å². The minimum atomic E-state index is 0.00916. The van der Waals surface area contributed by atoms with Crippen LogP contribution in [0, 0.1) is 5.92 Å². The van der Waals surface area contributed by atoms with E-state index in [0.717, 1.165) is 35.3 Å². The second-order valence-corrected chi connectivity index (χ2v) is 8.78. The van der Waals surface area contributed by atoms with Crippen molar-refractivity contribution in [2.24, 2.45) is 5.92 Å². The summed E-state index contributed by atoms with van der Waals surface area (Å²) in [7, 11) is 0. The van der Waals surface area contributed by atoms with Gasteiger partial charge in [-0.15, -0.1) is 11.3 Å². The molecule has 1 aliphatic rings. The number of nitrogens with one attached hydrogen (secondary N) is 1. The highest BCUT2D eigenvalue weighted by Crippen LogP contribution is 2.29. The molecule has 1 aromatic carbocycles. The van der Waals surface area contributed by atoms with Crippen molar-refractivity contribution in [2.75, 3.05) is 19.6 Å². The van der Waals surface area contributed by atoms with E-state index in [1.807, 2.05) is 29.2 Å². The average molecular weight is 447 g/mol. The molecule has 1 aromatic heterocycles. The summed E-state index contributed by atoms with van der Waals surface area (Å²) < 4.78 is 1.06. The van der Waals surface area contributed by atoms with Crippen molar-refractivity contribution in [3.8, 4) is 10.4 Å². The van der Waals surface area contributed by atoms with Crippen molar-refractivity contribution >= 4 is 45.2 Å². The number of benzene rings is 1. The van der Waals surface area contributed by atoms with E-state index in [0.29, 0.717) is 12.5 Å². The number of rotatable bonds is 5. The van der Waals surface area contributed by atoms with Crippen LogP contribution in [0.25, 0.3) is 16.5 Å². The molecule has 0 bridgehead atoms. The van der Waals surface area contributed by atoms with Crippen molar-refractivity contribution in [2.45, 2.75) is 19.8 Å². The number of carbonyl (C=O) groups is 2. The maximum atomic E-state index is 12.4. The standard InChI is InChI=1S/C21H23BrN2O2S/c1-15(25)23-14-16-10-12-24(13-11-16)21(26)9-7-19-6-8-20(27-19)17-2-4-18(22)5-3-17/h2-9,16H,10-14H2,1H3,(H,23,25)/b9-7+. The minimum Gasteiger partial charge on any atom is -0.356 e. The molecule has 0 spiro atoms. The summed E-state index contributed by atoms with van der Waals surface area (Å²) in [6, 6.07) is 12.4. The first-order valence-corrected chi connectivity index (χ1v) is 10.7. The van der Waals surface area contributed by atoms with E-state index in [1.54, 1.807) is 17.4 Å². The van der Waals surface area contributed by atoms with Gasteiger partial charge in [-0.1, -0.05) is 28.1 Å². The first kappa shape index (κ1) is 19.8. The van der Waals surface area contributed by atoms with Crippen LogP contribution in [-0.4, -0.2) is 36.3 Å². The van der Waals surface area contributed by atoms with Crippen LogP contribution in [-0.2, 0) is 9.59 Å². The Hall–Kier alpha value is -1.92. The first-order chi connectivity index (χ1) is 13.0. The van der Waals surface area contributed by atoms with Crippen LogP contribution in [0.1, 0.15) is 24.6 Å². The number of piperidine rings is 1. The van der Waals surface area contributed by atoms with E-state index in [1.165, 1.54) is 17.4 Å². The molecule has 1 N–H and O–H groups in total. The van der Waals surface area contributed by atoms with Crippen LogP contribution in [0.2, 0.25) is 0 Å². The van der Waals surface area contributed by atoms with E-state index in [-0.39, 0.29) is 11.8 Å². The van der Waals surface area contributed by atoms with Gasteiger partial charge < -0.3 is 10.2 Å². The quantitative estimate of drug-likeness (QED) is 0.683. The Kier molecular flexibility index (Phi) is 6.85. The predicted octanol–water partition coefficient (Wildman–Crippen LogP) is 4.57. The first-order valence-electron chi connectivity index (χ1n) is 9.08. The monoisotopic (exact) mass is 446 g/mol. The molecule has 1 fully saturated rings. The zero-order valence-electron chi connectivity index (χ0n) is 15.3. The maximum Gasteiger partial charge on any atom is 0.246 e. The number of hydrogen-bond acceptors (Lipinski definition) is 3. The van der Waals surface area contributed by atoms with Crippen molar-refractivity contribution < 1.29 is 9.59 Å². The third-order valence-corrected chi connectivity index (χ3v) is 6.34. The van der Waals surface area contributed by atoms with Gasteiger partial charge in [0.05, 0.1) is 0 Å². The van der Waals surface area contributed by atoms with E-state index < -0.39 is 0 Å². The Morgan fingerprint density at radius 1 is 1.19 bits per heavy atom. The van der Waals surface area contributed by atoms with Crippen molar-refractivity contribution in [3.05, 3.63) is 51.8 Å². The molecular formula is C21H23BrN2O2S. The summed E-state index contributed by atoms with van der Waals surface area (Å²) in [5.74, 6) is 0.536. The number of likely N-dealkylation sites (tertiary alicyclic amines) is 1. The Bertz CT molecular complexity index is 821. The molecule has 0 unspecified atom stereocenters. The fourth-order valence-electron chi connectivity index (χ4n) is 3.12. The van der Waals surface area contributed by atoms with Crippen molar-refractivity contribution in [1.29, 1.82) is 0 Å². The van der Waals surface area contributed by atoms with Crippen LogP contribution < -0.4 is 5.32 Å². The second kappa shape index (κ2) is 9.33. The van der Waals surface area contributed by atoms with Crippen molar-refractivity contribution in [1.82, 2.24) is 10.2 Å². The van der Waals surface area contributed by atoms with Gasteiger partial charge in [-0.2, -0.15) is 0 Å². The highest BCUT2D eigenvalue weighted by Gasteiger charge is 2.21. The van der Waals surface area contributed by atoms with Gasteiger partial charge in [0, 0.05) is 46.9 Å². The van der Waals surface area contributed by atoms with E-state index in [9.17, 15) is 9.59 Å². The number of carbonyl (C=O) groups excluding carboxylic acids is 2. The lowest BCUT2D eigenvalue weighted by Crippen LogP contribution is -2.40. The second-order valence-electron chi connectivity index (χ2n) is 6.75. The summed E-state index contributed by atoms with van der Waals surface area (Å²) in [5, 5.41) is 2.87. The highest BCUT2D eigenvalue weighted by molar-refractivity contribution is 9.10. The summed E-state index contributed by atoms with van der Waals surface area (Å²) >= 11 is 5.13. The molecule has 142 valence electrons. The Labute approximate surface area is 172 Å². The summed E-state index contributed by atoms with van der Waals surface area (Å²) in [6.07, 6.45) is 5.45. The average Bonchev–Trinajstić information content (AvgIpc) is 3.14. The minimum absolute atomic E-state index is 0.00916. The number of nitrogens with zero attached hydrogens (tertiary/aromatic N) is 1. The maximum absolute atomic E-state index is 12.4. The molecule has 0 saturated carbocycles. The van der Waals surface area contributed by atoms with Gasteiger partial charge in [-0.25, -0.2) is 0 Å². The summed E-state index contributed by atoms with van der Waals surface area (Å²) in [4.78, 5) is 27.6. The van der Waals surface area contributed by atoms with Crippen LogP contribution in [0.5, 0.6) is 0 Å². The largest absolute Gasteiger partial charge is 0.356 e. The molecule has 1 saturated heterocycles. The van der Waals surface area contributed by atoms with Gasteiger partial charge in [0.15, 0.2) is 0 Å². The third-order valence-electron chi connectivity index (χ3n) is 4.71. The van der Waals surface area contributed by atoms with Gasteiger partial charge in [0.1, 0.15) is 0 Å². The zero-order chi connectivity index (χ0) is 19.2. The van der Waals surface area contributed by atoms with Gasteiger partial charge in [0.2, 0.25) is 11.8 Å². The van der Waals surface area contributed by atoms with Crippen LogP contribution >= 0.6 is 27.3 Å². The van der Waals surface area contributed by atoms with Gasteiger partial charge >= 0.3 is 0 Å². The lowest BCUT2D eigenvalue weighted by molar-refractivity contribution is -0.127. The molecule has 6 heteroatoms. The lowest BCUT2D eigenvalue weighted by Gasteiger charge is -2.31. The Morgan fingerprint density at radius 3 is 2.56 bits per heavy atom. The van der Waals surface area contributed by atoms with Gasteiger partial charge in [-0.05, 0) is 54.7 Å². The molecule has 4 nitrogen and oxygen atoms in total. The molecule has 2 amide bonds. The molecule has 27 heavy (non-hydrogen) atoms. The number of halogens is 1. The molecule has 2 aromatic rings. The summed E-state index contributed by atoms with van der Waals surface area (Å²) in [6.45, 7) is 3.75. The topological polar surface area (TPSA) is 49.4 Å². The van der Waals surface area contributed by atoms with E-state index in [2.05, 4.69) is 39.4 Å². The molecule has 0 aliphatic carbocycles. The zero-order valence-corrected chi connectivity index (χ0v) is 17.7. The molecule has 1 aliphatic heterocycles. The van der Waals surface area contributed by atoms with Crippen molar-refractivity contribution in [3.63, 3.8) is 0 Å². The summed E-state index contributed by atoms with van der Waals surface area (Å²) in [5.41, 5.74) is 1.18. The lowest BCUT2D eigenvalue weighted by atomic mass is 9.96. The molecule has 0 atom stereocenters. The van der Waals surface area contributed by atoms with Crippen LogP contribution in [0.4, 0.5) is 0 Å². The van der Waals surface area contributed by atoms with Gasteiger partial charge in [-0.3, -0.25) is 9.59 Å². The molecule has 2 heterocycles. The highest BCUT2D eigenvalue weighted by atomic mass is 79.9. The third kappa shape index (κ3) is 5.78. The van der Waals surface area contributed by atoms with Crippen LogP contribution in [0.3, 0.4) is 0 Å². The predicted molar refractivity (Wildman–Crippen MR) is 114 cm³/mol. The smallest absolute Gasteiger partial charge is 0.246 e. The number of thiophene rings is 1. The Balaban J connectivity index is 1.52. The SMILES string of the molecule is CC(=O)NCC1CCN(C(=O)/C=C/c2ccc(-c3ccc(Br)cc3)s2)CC1. The van der Waals surface area contributed by atoms with Crippen LogP contribution in [0.15, 0.2) is 46.9 Å². The normalized spacial score (nSPS) is 15.3. The van der Waals surface area contributed by atoms with E-state index >= 15 is 0 Å².